The Morgan fingerprint density at radius 3 is 3.06 bits per heavy atom. The van der Waals surface area contributed by atoms with Crippen molar-refractivity contribution in [2.45, 2.75) is 38.1 Å². The van der Waals surface area contributed by atoms with Gasteiger partial charge in [-0.2, -0.15) is 4.98 Å². The normalized spacial score (nSPS) is 23.2. The van der Waals surface area contributed by atoms with Gasteiger partial charge in [-0.3, -0.25) is 0 Å². The number of ether oxygens (including phenoxy) is 2. The molecule has 2 unspecified atom stereocenters. The monoisotopic (exact) mass is 255 g/mol. The van der Waals surface area contributed by atoms with E-state index in [1.165, 1.54) is 0 Å². The molecule has 0 spiro atoms. The van der Waals surface area contributed by atoms with E-state index in [4.69, 9.17) is 19.7 Å². The van der Waals surface area contributed by atoms with Gasteiger partial charge < -0.3 is 19.7 Å². The molecule has 2 N–H and O–H groups in total. The molecule has 2 atom stereocenters. The second-order valence-electron chi connectivity index (χ2n) is 4.99. The second kappa shape index (κ2) is 5.77. The van der Waals surface area contributed by atoms with E-state index in [2.05, 4.69) is 17.1 Å². The molecule has 1 saturated heterocycles. The molecule has 2 rings (SSSR count). The molecule has 2 heterocycles. The van der Waals surface area contributed by atoms with Crippen molar-refractivity contribution in [3.05, 3.63) is 11.7 Å². The van der Waals surface area contributed by atoms with Gasteiger partial charge in [0.05, 0.1) is 19.1 Å². The topological polar surface area (TPSA) is 83.4 Å². The van der Waals surface area contributed by atoms with Crippen molar-refractivity contribution in [1.82, 2.24) is 10.1 Å². The highest BCUT2D eigenvalue weighted by molar-refractivity contribution is 5.04. The summed E-state index contributed by atoms with van der Waals surface area (Å²) in [6.45, 7) is 6.38. The minimum atomic E-state index is -0.712. The molecule has 18 heavy (non-hydrogen) atoms. The summed E-state index contributed by atoms with van der Waals surface area (Å²) in [5.41, 5.74) is 5.44. The van der Waals surface area contributed by atoms with E-state index in [9.17, 15) is 0 Å². The van der Waals surface area contributed by atoms with E-state index in [1.807, 2.05) is 6.92 Å². The summed E-state index contributed by atoms with van der Waals surface area (Å²) in [5.74, 6) is 1.33. The molecule has 0 bridgehead atoms. The van der Waals surface area contributed by atoms with Gasteiger partial charge in [-0.1, -0.05) is 12.1 Å². The Hall–Kier alpha value is -0.980. The molecule has 0 saturated carbocycles. The Balaban J connectivity index is 1.99. The molecule has 102 valence electrons. The van der Waals surface area contributed by atoms with Crippen LogP contribution in [-0.2, 0) is 15.0 Å². The smallest absolute Gasteiger partial charge is 0.232 e. The van der Waals surface area contributed by atoms with Crippen LogP contribution >= 0.6 is 0 Å². The zero-order chi connectivity index (χ0) is 13.0. The van der Waals surface area contributed by atoms with Crippen molar-refractivity contribution < 1.29 is 14.0 Å². The molecular formula is C12H21N3O3. The highest BCUT2D eigenvalue weighted by Gasteiger charge is 2.31. The van der Waals surface area contributed by atoms with Crippen molar-refractivity contribution in [2.24, 2.45) is 5.73 Å². The zero-order valence-electron chi connectivity index (χ0n) is 11.0. The van der Waals surface area contributed by atoms with Crippen LogP contribution in [0.1, 0.15) is 44.3 Å². The van der Waals surface area contributed by atoms with Crippen molar-refractivity contribution in [1.29, 1.82) is 0 Å². The van der Waals surface area contributed by atoms with Gasteiger partial charge in [0, 0.05) is 13.2 Å². The van der Waals surface area contributed by atoms with Crippen molar-refractivity contribution >= 4 is 0 Å². The van der Waals surface area contributed by atoms with Crippen LogP contribution in [0, 0.1) is 0 Å². The van der Waals surface area contributed by atoms with E-state index in [1.54, 1.807) is 0 Å². The van der Waals surface area contributed by atoms with Crippen LogP contribution in [0.3, 0.4) is 0 Å². The first-order valence-electron chi connectivity index (χ1n) is 6.42. The van der Waals surface area contributed by atoms with Gasteiger partial charge in [-0.15, -0.1) is 0 Å². The SMILES string of the molecule is CCCOCC(C)(N)c1noc(C2CCOC2)n1. The molecule has 6 nitrogen and oxygen atoms in total. The Kier molecular flexibility index (Phi) is 4.31. The molecule has 6 heteroatoms. The molecule has 1 aromatic heterocycles. The van der Waals surface area contributed by atoms with E-state index in [0.717, 1.165) is 19.4 Å². The lowest BCUT2D eigenvalue weighted by Crippen LogP contribution is -2.39. The fourth-order valence-electron chi connectivity index (χ4n) is 1.86. The Bertz CT molecular complexity index is 372. The Labute approximate surface area is 107 Å². The fourth-order valence-corrected chi connectivity index (χ4v) is 1.86. The quantitative estimate of drug-likeness (QED) is 0.768. The van der Waals surface area contributed by atoms with Crippen molar-refractivity contribution in [3.8, 4) is 0 Å². The first-order valence-corrected chi connectivity index (χ1v) is 6.42. The van der Waals surface area contributed by atoms with Crippen molar-refractivity contribution in [2.75, 3.05) is 26.4 Å². The van der Waals surface area contributed by atoms with E-state index < -0.39 is 5.54 Å². The highest BCUT2D eigenvalue weighted by atomic mass is 16.5. The maximum Gasteiger partial charge on any atom is 0.232 e. The van der Waals surface area contributed by atoms with Crippen LogP contribution in [-0.4, -0.2) is 36.6 Å². The second-order valence-corrected chi connectivity index (χ2v) is 4.99. The number of nitrogens with zero attached hydrogens (tertiary/aromatic N) is 2. The zero-order valence-corrected chi connectivity index (χ0v) is 11.0. The van der Waals surface area contributed by atoms with Gasteiger partial charge in [0.15, 0.2) is 5.82 Å². The van der Waals surface area contributed by atoms with Crippen LogP contribution < -0.4 is 5.73 Å². The lowest BCUT2D eigenvalue weighted by Gasteiger charge is -2.19. The van der Waals surface area contributed by atoms with Gasteiger partial charge in [-0.05, 0) is 19.8 Å². The number of rotatable bonds is 6. The molecule has 1 aromatic rings. The molecule has 0 amide bonds. The summed E-state index contributed by atoms with van der Waals surface area (Å²) in [4.78, 5) is 4.38. The molecule has 0 radical (unpaired) electrons. The predicted molar refractivity (Wildman–Crippen MR) is 65.1 cm³/mol. The van der Waals surface area contributed by atoms with E-state index >= 15 is 0 Å². The minimum Gasteiger partial charge on any atom is -0.381 e. The van der Waals surface area contributed by atoms with Crippen LogP contribution in [0.4, 0.5) is 0 Å². The van der Waals surface area contributed by atoms with Gasteiger partial charge in [0.2, 0.25) is 5.89 Å². The largest absolute Gasteiger partial charge is 0.381 e. The molecular weight excluding hydrogens is 234 g/mol. The molecule has 1 aliphatic rings. The maximum absolute atomic E-state index is 6.15. The van der Waals surface area contributed by atoms with E-state index in [0.29, 0.717) is 31.5 Å². The Morgan fingerprint density at radius 2 is 2.39 bits per heavy atom. The summed E-state index contributed by atoms with van der Waals surface area (Å²) in [5, 5.41) is 3.96. The molecule has 0 aromatic carbocycles. The first-order chi connectivity index (χ1) is 8.63. The lowest BCUT2D eigenvalue weighted by atomic mass is 10.0. The van der Waals surface area contributed by atoms with Gasteiger partial charge in [0.1, 0.15) is 5.54 Å². The third kappa shape index (κ3) is 3.07. The summed E-state index contributed by atoms with van der Waals surface area (Å²) >= 11 is 0. The lowest BCUT2D eigenvalue weighted by molar-refractivity contribution is 0.0867. The highest BCUT2D eigenvalue weighted by Crippen LogP contribution is 2.25. The van der Waals surface area contributed by atoms with Crippen LogP contribution in [0.5, 0.6) is 0 Å². The Morgan fingerprint density at radius 1 is 1.56 bits per heavy atom. The third-order valence-corrected chi connectivity index (χ3v) is 2.98. The van der Waals surface area contributed by atoms with E-state index in [-0.39, 0.29) is 5.92 Å². The average molecular weight is 255 g/mol. The minimum absolute atomic E-state index is 0.207. The predicted octanol–water partition coefficient (Wildman–Crippen LogP) is 1.17. The third-order valence-electron chi connectivity index (χ3n) is 2.98. The number of aromatic nitrogens is 2. The van der Waals surface area contributed by atoms with Gasteiger partial charge in [-0.25, -0.2) is 0 Å². The summed E-state index contributed by atoms with van der Waals surface area (Å²) in [7, 11) is 0. The average Bonchev–Trinajstić information content (AvgIpc) is 3.00. The fraction of sp³-hybridized carbons (Fsp3) is 0.833. The molecule has 1 fully saturated rings. The summed E-state index contributed by atoms with van der Waals surface area (Å²) in [6.07, 6.45) is 1.89. The number of hydrogen-bond donors (Lipinski definition) is 1. The van der Waals surface area contributed by atoms with Gasteiger partial charge in [0.25, 0.3) is 0 Å². The molecule has 1 aliphatic heterocycles. The summed E-state index contributed by atoms with van der Waals surface area (Å²) in [6, 6.07) is 0. The molecule has 0 aliphatic carbocycles. The number of nitrogens with two attached hydrogens (primary N) is 1. The standard InChI is InChI=1S/C12H21N3O3/c1-3-5-17-8-12(2,13)11-14-10(18-15-11)9-4-6-16-7-9/h9H,3-8,13H2,1-2H3. The van der Waals surface area contributed by atoms with Crippen LogP contribution in [0.2, 0.25) is 0 Å². The van der Waals surface area contributed by atoms with Crippen molar-refractivity contribution in [3.63, 3.8) is 0 Å². The van der Waals surface area contributed by atoms with Gasteiger partial charge >= 0.3 is 0 Å². The number of hydrogen-bond acceptors (Lipinski definition) is 6. The summed E-state index contributed by atoms with van der Waals surface area (Å²) < 4.78 is 16.0. The maximum atomic E-state index is 6.15. The first kappa shape index (κ1) is 13.5. The van der Waals surface area contributed by atoms with Crippen LogP contribution in [0.15, 0.2) is 4.52 Å². The van der Waals surface area contributed by atoms with Crippen LogP contribution in [0.25, 0.3) is 0 Å².